The van der Waals surface area contributed by atoms with Gasteiger partial charge in [-0.3, -0.25) is 9.59 Å². The molecule has 0 radical (unpaired) electrons. The molecule has 6 heteroatoms. The molecule has 132 valence electrons. The Hall–Kier alpha value is -1.98. The van der Waals surface area contributed by atoms with Crippen molar-refractivity contribution in [2.24, 2.45) is 0 Å². The van der Waals surface area contributed by atoms with Gasteiger partial charge < -0.3 is 10.6 Å². The van der Waals surface area contributed by atoms with Crippen LogP contribution in [0.5, 0.6) is 0 Å². The van der Waals surface area contributed by atoms with Crippen molar-refractivity contribution in [2.75, 3.05) is 22.1 Å². The molecule has 2 amide bonds. The van der Waals surface area contributed by atoms with E-state index >= 15 is 0 Å². The number of nitrogens with one attached hydrogen (secondary N) is 2. The van der Waals surface area contributed by atoms with E-state index in [1.165, 1.54) is 17.3 Å². The first-order valence-corrected chi connectivity index (χ1v) is 9.50. The fourth-order valence-corrected chi connectivity index (χ4v) is 2.86. The summed E-state index contributed by atoms with van der Waals surface area (Å²) in [7, 11) is 0. The molecule has 0 saturated heterocycles. The molecular formula is C19H21ClN2O2S. The maximum atomic E-state index is 11.9. The van der Waals surface area contributed by atoms with Crippen molar-refractivity contribution in [3.63, 3.8) is 0 Å². The van der Waals surface area contributed by atoms with E-state index in [0.29, 0.717) is 16.6 Å². The van der Waals surface area contributed by atoms with Gasteiger partial charge in [0, 0.05) is 16.4 Å². The largest absolute Gasteiger partial charge is 0.325 e. The quantitative estimate of drug-likeness (QED) is 0.731. The highest BCUT2D eigenvalue weighted by Gasteiger charge is 2.07. The molecule has 2 N–H and O–H groups in total. The highest BCUT2D eigenvalue weighted by Crippen LogP contribution is 2.17. The summed E-state index contributed by atoms with van der Waals surface area (Å²) in [6.45, 7) is 4.25. The molecule has 2 aromatic rings. The molecule has 2 aromatic carbocycles. The second-order valence-corrected chi connectivity index (χ2v) is 7.29. The molecule has 0 aliphatic carbocycles. The average molecular weight is 377 g/mol. The summed E-state index contributed by atoms with van der Waals surface area (Å²) >= 11 is 7.06. The molecule has 0 bridgehead atoms. The molecule has 0 spiro atoms. The average Bonchev–Trinajstić information content (AvgIpc) is 2.57. The fourth-order valence-electron chi connectivity index (χ4n) is 2.12. The summed E-state index contributed by atoms with van der Waals surface area (Å²) in [5.41, 5.74) is 2.68. The molecule has 2 rings (SSSR count). The first-order chi connectivity index (χ1) is 11.9. The number of carbonyl (C=O) groups excluding carboxylic acids is 2. The normalized spacial score (nSPS) is 10.6. The van der Waals surface area contributed by atoms with Gasteiger partial charge in [-0.05, 0) is 47.9 Å². The van der Waals surface area contributed by atoms with Crippen LogP contribution in [0.25, 0.3) is 0 Å². The van der Waals surface area contributed by atoms with Crippen molar-refractivity contribution in [1.82, 2.24) is 0 Å². The van der Waals surface area contributed by atoms with E-state index in [1.807, 2.05) is 24.3 Å². The van der Waals surface area contributed by atoms with Crippen molar-refractivity contribution in [3.05, 3.63) is 59.1 Å². The van der Waals surface area contributed by atoms with Gasteiger partial charge in [-0.1, -0.05) is 37.6 Å². The van der Waals surface area contributed by atoms with E-state index in [2.05, 4.69) is 24.5 Å². The van der Waals surface area contributed by atoms with Crippen molar-refractivity contribution in [3.8, 4) is 0 Å². The SMILES string of the molecule is CC(C)c1ccc(NC(=O)CSCC(=O)Nc2ccc(Cl)cc2)cc1. The predicted molar refractivity (Wildman–Crippen MR) is 107 cm³/mol. The maximum Gasteiger partial charge on any atom is 0.234 e. The molecule has 4 nitrogen and oxygen atoms in total. The summed E-state index contributed by atoms with van der Waals surface area (Å²) in [4.78, 5) is 23.8. The predicted octanol–water partition coefficient (Wildman–Crippen LogP) is 4.77. The third kappa shape index (κ3) is 6.80. The number of anilines is 2. The van der Waals surface area contributed by atoms with Crippen molar-refractivity contribution in [1.29, 1.82) is 0 Å². The lowest BCUT2D eigenvalue weighted by Crippen LogP contribution is -2.18. The first-order valence-electron chi connectivity index (χ1n) is 7.97. The molecule has 0 heterocycles. The van der Waals surface area contributed by atoms with Crippen LogP contribution in [0.2, 0.25) is 5.02 Å². The second-order valence-electron chi connectivity index (χ2n) is 5.87. The van der Waals surface area contributed by atoms with Crippen molar-refractivity contribution < 1.29 is 9.59 Å². The van der Waals surface area contributed by atoms with E-state index in [9.17, 15) is 9.59 Å². The standard InChI is InChI=1S/C19H21ClN2O2S/c1-13(2)14-3-7-16(8-4-14)21-18(23)11-25-12-19(24)22-17-9-5-15(20)6-10-17/h3-10,13H,11-12H2,1-2H3,(H,21,23)(H,22,24). The van der Waals surface area contributed by atoms with Gasteiger partial charge in [0.2, 0.25) is 11.8 Å². The van der Waals surface area contributed by atoms with E-state index in [4.69, 9.17) is 11.6 Å². The van der Waals surface area contributed by atoms with Gasteiger partial charge in [-0.15, -0.1) is 11.8 Å². The number of hydrogen-bond acceptors (Lipinski definition) is 3. The Labute approximate surface area is 157 Å². The molecular weight excluding hydrogens is 356 g/mol. The number of amides is 2. The van der Waals surface area contributed by atoms with Gasteiger partial charge in [0.05, 0.1) is 11.5 Å². The van der Waals surface area contributed by atoms with Crippen molar-refractivity contribution in [2.45, 2.75) is 19.8 Å². The Balaban J connectivity index is 1.70. The summed E-state index contributed by atoms with van der Waals surface area (Å²) in [5, 5.41) is 6.21. The van der Waals surface area contributed by atoms with Gasteiger partial charge in [0.25, 0.3) is 0 Å². The third-order valence-corrected chi connectivity index (χ3v) is 4.64. The molecule has 0 saturated carbocycles. The van der Waals surface area contributed by atoms with E-state index in [1.54, 1.807) is 24.3 Å². The van der Waals surface area contributed by atoms with Gasteiger partial charge in [-0.25, -0.2) is 0 Å². The summed E-state index contributed by atoms with van der Waals surface area (Å²) < 4.78 is 0. The molecule has 0 aliphatic heterocycles. The second kappa shape index (κ2) is 9.49. The lowest BCUT2D eigenvalue weighted by Gasteiger charge is -2.08. The molecule has 0 atom stereocenters. The van der Waals surface area contributed by atoms with Gasteiger partial charge in [0.15, 0.2) is 0 Å². The van der Waals surface area contributed by atoms with Crippen LogP contribution in [-0.2, 0) is 9.59 Å². The van der Waals surface area contributed by atoms with Gasteiger partial charge in [-0.2, -0.15) is 0 Å². The molecule has 0 fully saturated rings. The van der Waals surface area contributed by atoms with Crippen LogP contribution in [0.3, 0.4) is 0 Å². The Morgan fingerprint density at radius 3 is 1.76 bits per heavy atom. The Morgan fingerprint density at radius 2 is 1.32 bits per heavy atom. The number of halogens is 1. The molecule has 0 aromatic heterocycles. The van der Waals surface area contributed by atoms with Gasteiger partial charge in [0.1, 0.15) is 0 Å². The topological polar surface area (TPSA) is 58.2 Å². The minimum absolute atomic E-state index is 0.124. The first kappa shape index (κ1) is 19.3. The zero-order valence-corrected chi connectivity index (χ0v) is 15.8. The summed E-state index contributed by atoms with van der Waals surface area (Å²) in [6, 6.07) is 14.7. The highest BCUT2D eigenvalue weighted by atomic mass is 35.5. The Morgan fingerprint density at radius 1 is 0.880 bits per heavy atom. The minimum atomic E-state index is -0.151. The van der Waals surface area contributed by atoms with Crippen LogP contribution in [0.15, 0.2) is 48.5 Å². The van der Waals surface area contributed by atoms with Crippen LogP contribution in [0.1, 0.15) is 25.3 Å². The number of rotatable bonds is 7. The van der Waals surface area contributed by atoms with Crippen LogP contribution >= 0.6 is 23.4 Å². The molecule has 0 unspecified atom stereocenters. The van der Waals surface area contributed by atoms with E-state index in [-0.39, 0.29) is 23.3 Å². The number of hydrogen-bond donors (Lipinski definition) is 2. The van der Waals surface area contributed by atoms with Gasteiger partial charge >= 0.3 is 0 Å². The van der Waals surface area contributed by atoms with Crippen LogP contribution < -0.4 is 10.6 Å². The lowest BCUT2D eigenvalue weighted by atomic mass is 10.0. The maximum absolute atomic E-state index is 11.9. The third-order valence-electron chi connectivity index (χ3n) is 3.46. The van der Waals surface area contributed by atoms with Crippen LogP contribution in [0, 0.1) is 0 Å². The Bertz CT molecular complexity index is 715. The van der Waals surface area contributed by atoms with E-state index in [0.717, 1.165) is 5.69 Å². The highest BCUT2D eigenvalue weighted by molar-refractivity contribution is 8.00. The van der Waals surface area contributed by atoms with Crippen molar-refractivity contribution >= 4 is 46.6 Å². The number of carbonyl (C=O) groups is 2. The molecule has 25 heavy (non-hydrogen) atoms. The fraction of sp³-hybridized carbons (Fsp3) is 0.263. The summed E-state index contributed by atoms with van der Waals surface area (Å²) in [6.07, 6.45) is 0. The number of benzene rings is 2. The smallest absolute Gasteiger partial charge is 0.234 e. The zero-order chi connectivity index (χ0) is 18.2. The summed E-state index contributed by atoms with van der Waals surface area (Å²) in [5.74, 6) is 0.616. The number of thioether (sulfide) groups is 1. The molecule has 0 aliphatic rings. The minimum Gasteiger partial charge on any atom is -0.325 e. The van der Waals surface area contributed by atoms with E-state index < -0.39 is 0 Å². The lowest BCUT2D eigenvalue weighted by molar-refractivity contribution is -0.114. The van der Waals surface area contributed by atoms with Crippen LogP contribution in [-0.4, -0.2) is 23.3 Å². The zero-order valence-electron chi connectivity index (χ0n) is 14.2. The monoisotopic (exact) mass is 376 g/mol. The van der Waals surface area contributed by atoms with Crippen LogP contribution in [0.4, 0.5) is 11.4 Å². The Kier molecular flexibility index (Phi) is 7.34.